The van der Waals surface area contributed by atoms with Crippen LogP contribution in [0.1, 0.15) is 29.6 Å². The van der Waals surface area contributed by atoms with E-state index in [1.165, 1.54) is 35.0 Å². The maximum atomic E-state index is 12.7. The summed E-state index contributed by atoms with van der Waals surface area (Å²) in [6.07, 6.45) is 4.02. The molecule has 1 saturated heterocycles. The lowest BCUT2D eigenvalue weighted by Gasteiger charge is -2.25. The minimum atomic E-state index is -3.53. The lowest BCUT2D eigenvalue weighted by Crippen LogP contribution is -2.35. The Balaban J connectivity index is 1.44. The first-order chi connectivity index (χ1) is 14.0. The molecular weight excluding hydrogens is 394 g/mol. The predicted octanol–water partition coefficient (Wildman–Crippen LogP) is 3.13. The van der Waals surface area contributed by atoms with Crippen LogP contribution in [-0.2, 0) is 10.0 Å². The minimum Gasteiger partial charge on any atom is -0.423 e. The van der Waals surface area contributed by atoms with Crippen LogP contribution in [0.5, 0.6) is 5.75 Å². The Hall–Kier alpha value is -3.04. The van der Waals surface area contributed by atoms with Crippen molar-refractivity contribution < 1.29 is 22.4 Å². The fraction of sp³-hybridized carbons (Fsp3) is 0.250. The molecule has 1 aliphatic rings. The first-order valence-corrected chi connectivity index (χ1v) is 10.7. The Morgan fingerprint density at radius 3 is 2.28 bits per heavy atom. The largest absolute Gasteiger partial charge is 0.423 e. The molecule has 0 bridgehead atoms. The highest BCUT2D eigenvalue weighted by atomic mass is 32.2. The molecule has 0 aliphatic carbocycles. The van der Waals surface area contributed by atoms with E-state index in [-0.39, 0.29) is 10.5 Å². The number of nitrogens with zero attached hydrogens (tertiary/aromatic N) is 3. The normalized spacial score (nSPS) is 15.2. The number of piperidine rings is 1. The van der Waals surface area contributed by atoms with Crippen LogP contribution in [0.3, 0.4) is 0 Å². The fourth-order valence-electron chi connectivity index (χ4n) is 3.15. The number of ether oxygens (including phenoxy) is 1. The van der Waals surface area contributed by atoms with Gasteiger partial charge in [-0.3, -0.25) is 0 Å². The van der Waals surface area contributed by atoms with E-state index < -0.39 is 16.0 Å². The van der Waals surface area contributed by atoms with Gasteiger partial charge in [-0.1, -0.05) is 6.42 Å². The van der Waals surface area contributed by atoms with Crippen molar-refractivity contribution in [2.45, 2.75) is 24.2 Å². The second kappa shape index (κ2) is 8.14. The standard InChI is InChI=1S/C20H19N3O5S/c24-20(28-17-8-4-15(5-9-17)19-22-21-14-27-19)16-6-10-18(11-7-16)29(25,26)23-12-2-1-3-13-23/h4-11,14H,1-3,12-13H2. The summed E-state index contributed by atoms with van der Waals surface area (Å²) < 4.78 is 37.3. The molecule has 1 fully saturated rings. The van der Waals surface area contributed by atoms with Crippen LogP contribution < -0.4 is 4.74 Å². The summed E-state index contributed by atoms with van der Waals surface area (Å²) in [7, 11) is -3.53. The molecule has 3 aromatic rings. The third-order valence-corrected chi connectivity index (χ3v) is 6.63. The molecule has 1 aliphatic heterocycles. The minimum absolute atomic E-state index is 0.180. The Morgan fingerprint density at radius 1 is 0.966 bits per heavy atom. The van der Waals surface area contributed by atoms with E-state index in [0.717, 1.165) is 19.3 Å². The smallest absolute Gasteiger partial charge is 0.343 e. The van der Waals surface area contributed by atoms with E-state index in [0.29, 0.717) is 30.3 Å². The third-order valence-electron chi connectivity index (χ3n) is 4.71. The van der Waals surface area contributed by atoms with Gasteiger partial charge in [0.1, 0.15) is 5.75 Å². The average molecular weight is 413 g/mol. The number of rotatable bonds is 5. The topological polar surface area (TPSA) is 103 Å². The number of carbonyl (C=O) groups is 1. The summed E-state index contributed by atoms with van der Waals surface area (Å²) in [6.45, 7) is 1.07. The number of benzene rings is 2. The maximum Gasteiger partial charge on any atom is 0.343 e. The second-order valence-electron chi connectivity index (χ2n) is 6.65. The molecule has 1 aromatic heterocycles. The second-order valence-corrected chi connectivity index (χ2v) is 8.58. The van der Waals surface area contributed by atoms with Gasteiger partial charge in [0.15, 0.2) is 0 Å². The van der Waals surface area contributed by atoms with Gasteiger partial charge in [0.05, 0.1) is 10.5 Å². The average Bonchev–Trinajstić information content (AvgIpc) is 3.30. The van der Waals surface area contributed by atoms with Gasteiger partial charge < -0.3 is 9.15 Å². The molecule has 2 heterocycles. The van der Waals surface area contributed by atoms with Crippen molar-refractivity contribution in [3.05, 3.63) is 60.5 Å². The molecule has 150 valence electrons. The number of carbonyl (C=O) groups excluding carboxylic acids is 1. The van der Waals surface area contributed by atoms with Crippen LogP contribution in [0.2, 0.25) is 0 Å². The van der Waals surface area contributed by atoms with Gasteiger partial charge in [0, 0.05) is 18.7 Å². The van der Waals surface area contributed by atoms with Crippen molar-refractivity contribution in [2.24, 2.45) is 0 Å². The number of sulfonamides is 1. The van der Waals surface area contributed by atoms with Crippen molar-refractivity contribution in [3.8, 4) is 17.2 Å². The summed E-state index contributed by atoms with van der Waals surface area (Å²) >= 11 is 0. The fourth-order valence-corrected chi connectivity index (χ4v) is 4.66. The molecule has 0 spiro atoms. The van der Waals surface area contributed by atoms with Gasteiger partial charge in [0.25, 0.3) is 0 Å². The van der Waals surface area contributed by atoms with Crippen molar-refractivity contribution in [1.82, 2.24) is 14.5 Å². The third kappa shape index (κ3) is 4.20. The van der Waals surface area contributed by atoms with Crippen LogP contribution in [0.15, 0.2) is 64.2 Å². The summed E-state index contributed by atoms with van der Waals surface area (Å²) in [4.78, 5) is 12.5. The quantitative estimate of drug-likeness (QED) is 0.468. The van der Waals surface area contributed by atoms with E-state index >= 15 is 0 Å². The summed E-state index contributed by atoms with van der Waals surface area (Å²) in [5.41, 5.74) is 0.971. The van der Waals surface area contributed by atoms with Crippen LogP contribution >= 0.6 is 0 Å². The van der Waals surface area contributed by atoms with Crippen LogP contribution in [0.25, 0.3) is 11.5 Å². The van der Waals surface area contributed by atoms with Crippen molar-refractivity contribution in [3.63, 3.8) is 0 Å². The number of aromatic nitrogens is 2. The summed E-state index contributed by atoms with van der Waals surface area (Å²) in [5.74, 6) is 0.147. The Kier molecular flexibility index (Phi) is 5.41. The SMILES string of the molecule is O=C(Oc1ccc(-c2nnco2)cc1)c1ccc(S(=O)(=O)N2CCCCC2)cc1. The molecule has 0 amide bonds. The van der Waals surface area contributed by atoms with Gasteiger partial charge in [-0.2, -0.15) is 4.31 Å². The zero-order chi connectivity index (χ0) is 20.3. The first-order valence-electron chi connectivity index (χ1n) is 9.23. The monoisotopic (exact) mass is 413 g/mol. The highest BCUT2D eigenvalue weighted by molar-refractivity contribution is 7.89. The molecule has 0 unspecified atom stereocenters. The van der Waals surface area contributed by atoms with Gasteiger partial charge in [-0.15, -0.1) is 10.2 Å². The molecule has 9 heteroatoms. The molecule has 0 atom stereocenters. The maximum absolute atomic E-state index is 12.7. The van der Waals surface area contributed by atoms with Gasteiger partial charge >= 0.3 is 5.97 Å². The van der Waals surface area contributed by atoms with Gasteiger partial charge in [0.2, 0.25) is 22.3 Å². The Bertz CT molecular complexity index is 1070. The molecule has 0 saturated carbocycles. The van der Waals surface area contributed by atoms with Crippen molar-refractivity contribution >= 4 is 16.0 Å². The summed E-state index contributed by atoms with van der Waals surface area (Å²) in [6, 6.07) is 12.4. The van der Waals surface area contributed by atoms with Gasteiger partial charge in [-0.05, 0) is 61.4 Å². The first kappa shape index (κ1) is 19.3. The van der Waals surface area contributed by atoms with E-state index in [2.05, 4.69) is 10.2 Å². The van der Waals surface area contributed by atoms with Crippen molar-refractivity contribution in [1.29, 1.82) is 0 Å². The molecular formula is C20H19N3O5S. The molecule has 0 radical (unpaired) electrons. The predicted molar refractivity (Wildman–Crippen MR) is 104 cm³/mol. The molecule has 4 rings (SSSR count). The Morgan fingerprint density at radius 2 is 1.66 bits per heavy atom. The van der Waals surface area contributed by atoms with Crippen LogP contribution in [-0.4, -0.2) is 42.0 Å². The van der Waals surface area contributed by atoms with E-state index in [9.17, 15) is 13.2 Å². The summed E-state index contributed by atoms with van der Waals surface area (Å²) in [5, 5.41) is 7.42. The van der Waals surface area contributed by atoms with E-state index in [4.69, 9.17) is 9.15 Å². The van der Waals surface area contributed by atoms with E-state index in [1.807, 2.05) is 0 Å². The molecule has 29 heavy (non-hydrogen) atoms. The molecule has 0 N–H and O–H groups in total. The molecule has 2 aromatic carbocycles. The lowest BCUT2D eigenvalue weighted by atomic mass is 10.2. The zero-order valence-electron chi connectivity index (χ0n) is 15.5. The molecule has 8 nitrogen and oxygen atoms in total. The Labute approximate surface area is 168 Å². The van der Waals surface area contributed by atoms with Crippen LogP contribution in [0, 0.1) is 0 Å². The van der Waals surface area contributed by atoms with Crippen molar-refractivity contribution in [2.75, 3.05) is 13.1 Å². The highest BCUT2D eigenvalue weighted by Crippen LogP contribution is 2.23. The number of hydrogen-bond acceptors (Lipinski definition) is 7. The van der Waals surface area contributed by atoms with E-state index in [1.54, 1.807) is 24.3 Å². The highest BCUT2D eigenvalue weighted by Gasteiger charge is 2.26. The van der Waals surface area contributed by atoms with Crippen LogP contribution in [0.4, 0.5) is 0 Å². The zero-order valence-corrected chi connectivity index (χ0v) is 16.3. The van der Waals surface area contributed by atoms with Gasteiger partial charge in [-0.25, -0.2) is 13.2 Å². The lowest BCUT2D eigenvalue weighted by molar-refractivity contribution is 0.0734. The number of hydrogen-bond donors (Lipinski definition) is 0. The number of esters is 1.